The Balaban J connectivity index is 2.49. The summed E-state index contributed by atoms with van der Waals surface area (Å²) in [6.45, 7) is 6.60. The van der Waals surface area contributed by atoms with Gasteiger partial charge in [0.25, 0.3) is 0 Å². The molecule has 0 radical (unpaired) electrons. The number of thioether (sulfide) groups is 1. The fourth-order valence-corrected chi connectivity index (χ4v) is 3.12. The molecule has 0 saturated heterocycles. The smallest absolute Gasteiger partial charge is 0.319 e. The number of carbonyl (C=O) groups is 1. The monoisotopic (exact) mass is 344 g/mol. The fraction of sp³-hybridized carbons (Fsp3) is 0.625. The number of hydrogen-bond donors (Lipinski definition) is 1. The third kappa shape index (κ3) is 6.05. The van der Waals surface area contributed by atoms with Crippen molar-refractivity contribution >= 4 is 35.1 Å². The van der Waals surface area contributed by atoms with Gasteiger partial charge in [-0.05, 0) is 25.3 Å². The van der Waals surface area contributed by atoms with Crippen LogP contribution in [0.1, 0.15) is 46.5 Å². The number of aromatic nitrogens is 1. The van der Waals surface area contributed by atoms with Crippen molar-refractivity contribution in [3.63, 3.8) is 0 Å². The Bertz CT molecular complexity index is 485. The Morgan fingerprint density at radius 2 is 2.23 bits per heavy atom. The van der Waals surface area contributed by atoms with E-state index in [0.29, 0.717) is 17.5 Å². The van der Waals surface area contributed by atoms with Crippen LogP contribution in [0.4, 0.5) is 5.82 Å². The first-order chi connectivity index (χ1) is 10.5. The van der Waals surface area contributed by atoms with Gasteiger partial charge in [-0.25, -0.2) is 4.98 Å². The van der Waals surface area contributed by atoms with Crippen LogP contribution in [0.5, 0.6) is 0 Å². The number of nitrogen functional groups attached to an aromatic ring is 1. The van der Waals surface area contributed by atoms with E-state index in [1.807, 2.05) is 6.92 Å². The van der Waals surface area contributed by atoms with Crippen LogP contribution in [-0.2, 0) is 9.53 Å². The van der Waals surface area contributed by atoms with Gasteiger partial charge in [-0.1, -0.05) is 44.7 Å². The summed E-state index contributed by atoms with van der Waals surface area (Å²) in [7, 11) is 0. The zero-order chi connectivity index (χ0) is 16.5. The Kier molecular flexibility index (Phi) is 8.64. The van der Waals surface area contributed by atoms with E-state index < -0.39 is 0 Å². The Labute approximate surface area is 142 Å². The van der Waals surface area contributed by atoms with Crippen molar-refractivity contribution in [3.8, 4) is 0 Å². The normalized spacial score (nSPS) is 13.6. The largest absolute Gasteiger partial charge is 0.465 e. The summed E-state index contributed by atoms with van der Waals surface area (Å²) in [5.41, 5.74) is 5.66. The molecule has 0 amide bonds. The van der Waals surface area contributed by atoms with Crippen molar-refractivity contribution in [1.29, 1.82) is 0 Å². The molecule has 0 spiro atoms. The maximum atomic E-state index is 12.1. The number of unbranched alkanes of at least 4 members (excludes halogenated alkanes) is 1. The van der Waals surface area contributed by atoms with Crippen LogP contribution in [0.3, 0.4) is 0 Å². The summed E-state index contributed by atoms with van der Waals surface area (Å²) < 4.78 is 5.45. The molecule has 6 heteroatoms. The molecular formula is C16H25ClN2O2S. The van der Waals surface area contributed by atoms with Crippen molar-refractivity contribution in [2.24, 2.45) is 5.92 Å². The second-order valence-corrected chi connectivity index (χ2v) is 7.08. The highest BCUT2D eigenvalue weighted by Crippen LogP contribution is 2.33. The van der Waals surface area contributed by atoms with E-state index in [1.165, 1.54) is 24.6 Å². The first kappa shape index (κ1) is 19.1. The SMILES string of the molecule is CCCCC(CC)COC(=O)C(C)Sc1ccnc(N)c1Cl. The molecule has 0 bridgehead atoms. The van der Waals surface area contributed by atoms with Gasteiger partial charge in [0.15, 0.2) is 0 Å². The van der Waals surface area contributed by atoms with Gasteiger partial charge in [-0.2, -0.15) is 0 Å². The highest BCUT2D eigenvalue weighted by Gasteiger charge is 2.19. The third-order valence-electron chi connectivity index (χ3n) is 3.52. The molecule has 0 fully saturated rings. The standard InChI is InChI=1S/C16H25ClN2O2S/c1-4-6-7-12(5-2)10-21-16(20)11(3)22-13-8-9-19-15(18)14(13)17/h8-9,11-12H,4-7,10H2,1-3H3,(H2,18,19). The molecule has 0 aliphatic carbocycles. The van der Waals surface area contributed by atoms with Crippen molar-refractivity contribution in [2.45, 2.75) is 56.6 Å². The van der Waals surface area contributed by atoms with Gasteiger partial charge in [-0.3, -0.25) is 4.79 Å². The van der Waals surface area contributed by atoms with Crippen LogP contribution in [0.25, 0.3) is 0 Å². The molecule has 2 unspecified atom stereocenters. The zero-order valence-corrected chi connectivity index (χ0v) is 15.0. The molecule has 2 atom stereocenters. The van der Waals surface area contributed by atoms with E-state index in [2.05, 4.69) is 18.8 Å². The number of rotatable bonds is 9. The first-order valence-corrected chi connectivity index (χ1v) is 8.98. The van der Waals surface area contributed by atoms with E-state index in [4.69, 9.17) is 22.1 Å². The number of nitrogens with zero attached hydrogens (tertiary/aromatic N) is 1. The summed E-state index contributed by atoms with van der Waals surface area (Å²) in [4.78, 5) is 16.8. The number of nitrogens with two attached hydrogens (primary N) is 1. The van der Waals surface area contributed by atoms with Crippen LogP contribution >= 0.6 is 23.4 Å². The summed E-state index contributed by atoms with van der Waals surface area (Å²) in [6, 6.07) is 1.75. The maximum Gasteiger partial charge on any atom is 0.319 e. The Hall–Kier alpha value is -0.940. The van der Waals surface area contributed by atoms with Gasteiger partial charge in [0, 0.05) is 11.1 Å². The molecule has 0 aromatic carbocycles. The van der Waals surface area contributed by atoms with Crippen LogP contribution in [-0.4, -0.2) is 22.8 Å². The molecule has 1 aromatic heterocycles. The third-order valence-corrected chi connectivity index (χ3v) is 5.17. The van der Waals surface area contributed by atoms with Crippen LogP contribution < -0.4 is 5.73 Å². The number of halogens is 1. The lowest BCUT2D eigenvalue weighted by Gasteiger charge is -2.17. The highest BCUT2D eigenvalue weighted by atomic mass is 35.5. The summed E-state index contributed by atoms with van der Waals surface area (Å²) in [5, 5.41) is 0.0597. The Morgan fingerprint density at radius 1 is 1.50 bits per heavy atom. The quantitative estimate of drug-likeness (QED) is 0.525. The fourth-order valence-electron chi connectivity index (χ4n) is 1.99. The lowest BCUT2D eigenvalue weighted by molar-refractivity contribution is -0.144. The maximum absolute atomic E-state index is 12.1. The number of esters is 1. The molecule has 1 aromatic rings. The molecular weight excluding hydrogens is 320 g/mol. The van der Waals surface area contributed by atoms with E-state index >= 15 is 0 Å². The van der Waals surface area contributed by atoms with Crippen molar-refractivity contribution in [3.05, 3.63) is 17.3 Å². The van der Waals surface area contributed by atoms with Crippen LogP contribution in [0.15, 0.2) is 17.2 Å². The molecule has 22 heavy (non-hydrogen) atoms. The minimum absolute atomic E-state index is 0.216. The van der Waals surface area contributed by atoms with Gasteiger partial charge in [0.05, 0.1) is 11.6 Å². The summed E-state index contributed by atoms with van der Waals surface area (Å²) in [5.74, 6) is 0.505. The van der Waals surface area contributed by atoms with Gasteiger partial charge in [-0.15, -0.1) is 11.8 Å². The number of anilines is 1. The van der Waals surface area contributed by atoms with Crippen molar-refractivity contribution < 1.29 is 9.53 Å². The molecule has 2 N–H and O–H groups in total. The van der Waals surface area contributed by atoms with E-state index in [1.54, 1.807) is 12.3 Å². The number of carbonyl (C=O) groups excluding carboxylic acids is 1. The number of hydrogen-bond acceptors (Lipinski definition) is 5. The number of pyridine rings is 1. The van der Waals surface area contributed by atoms with Gasteiger partial charge in [0.1, 0.15) is 11.1 Å². The molecule has 1 rings (SSSR count). The second-order valence-electron chi connectivity index (χ2n) is 5.31. The topological polar surface area (TPSA) is 65.2 Å². The zero-order valence-electron chi connectivity index (χ0n) is 13.5. The lowest BCUT2D eigenvalue weighted by Crippen LogP contribution is -2.21. The van der Waals surface area contributed by atoms with Gasteiger partial charge >= 0.3 is 5.97 Å². The molecule has 1 heterocycles. The van der Waals surface area contributed by atoms with Gasteiger partial charge in [0.2, 0.25) is 0 Å². The van der Waals surface area contributed by atoms with E-state index in [9.17, 15) is 4.79 Å². The van der Waals surface area contributed by atoms with Crippen LogP contribution in [0.2, 0.25) is 5.02 Å². The summed E-state index contributed by atoms with van der Waals surface area (Å²) >= 11 is 7.43. The van der Waals surface area contributed by atoms with E-state index in [0.717, 1.165) is 17.7 Å². The minimum Gasteiger partial charge on any atom is -0.465 e. The van der Waals surface area contributed by atoms with Gasteiger partial charge < -0.3 is 10.5 Å². The Morgan fingerprint density at radius 3 is 2.86 bits per heavy atom. The highest BCUT2D eigenvalue weighted by molar-refractivity contribution is 8.00. The van der Waals surface area contributed by atoms with Crippen LogP contribution in [0, 0.1) is 5.92 Å². The molecule has 124 valence electrons. The van der Waals surface area contributed by atoms with E-state index in [-0.39, 0.29) is 17.0 Å². The van der Waals surface area contributed by atoms with Crippen molar-refractivity contribution in [2.75, 3.05) is 12.3 Å². The molecule has 0 aliphatic rings. The lowest BCUT2D eigenvalue weighted by atomic mass is 10.0. The average Bonchev–Trinajstić information content (AvgIpc) is 2.51. The first-order valence-electron chi connectivity index (χ1n) is 7.72. The van der Waals surface area contributed by atoms with Crippen molar-refractivity contribution in [1.82, 2.24) is 4.98 Å². The average molecular weight is 345 g/mol. The second kappa shape index (κ2) is 9.95. The predicted molar refractivity (Wildman–Crippen MR) is 93.2 cm³/mol. The molecule has 0 aliphatic heterocycles. The molecule has 0 saturated carbocycles. The summed E-state index contributed by atoms with van der Waals surface area (Å²) in [6.07, 6.45) is 6.06. The molecule has 4 nitrogen and oxygen atoms in total. The predicted octanol–water partition coefficient (Wildman–Crippen LogP) is 4.56. The number of ether oxygens (including phenoxy) is 1. The minimum atomic E-state index is -0.331.